The Hall–Kier alpha value is -0.960. The first-order valence-corrected chi connectivity index (χ1v) is 8.31. The molecule has 0 bridgehead atoms. The van der Waals surface area contributed by atoms with Crippen LogP contribution < -0.4 is 4.72 Å². The molecule has 1 aromatic rings. The smallest absolute Gasteiger partial charge is 0.347 e. The van der Waals surface area contributed by atoms with Gasteiger partial charge in [-0.1, -0.05) is 13.8 Å². The normalized spacial score (nSPS) is 11.9. The van der Waals surface area contributed by atoms with Crippen molar-refractivity contribution in [3.63, 3.8) is 0 Å². The summed E-state index contributed by atoms with van der Waals surface area (Å²) in [5.41, 5.74) is 0. The van der Waals surface area contributed by atoms with Gasteiger partial charge in [-0.15, -0.1) is 11.3 Å². The monoisotopic (exact) mass is 306 g/mol. The second kappa shape index (κ2) is 6.99. The minimum atomic E-state index is -3.75. The number of hydrogen-bond acceptors (Lipinski definition) is 5. The zero-order valence-corrected chi connectivity index (χ0v) is 12.6. The molecule has 0 saturated carbocycles. The van der Waals surface area contributed by atoms with Gasteiger partial charge >= 0.3 is 5.97 Å². The lowest BCUT2D eigenvalue weighted by atomic mass is 10.5. The largest absolute Gasteiger partial charge is 0.477 e. The van der Waals surface area contributed by atoms with Crippen molar-refractivity contribution in [2.75, 3.05) is 26.2 Å². The van der Waals surface area contributed by atoms with Crippen LogP contribution in [0.4, 0.5) is 0 Å². The van der Waals surface area contributed by atoms with Crippen LogP contribution in [0.25, 0.3) is 0 Å². The fourth-order valence-corrected chi connectivity index (χ4v) is 3.90. The summed E-state index contributed by atoms with van der Waals surface area (Å²) in [6.45, 7) is 6.55. The summed E-state index contributed by atoms with van der Waals surface area (Å²) in [6, 6.07) is 1.31. The summed E-state index contributed by atoms with van der Waals surface area (Å²) in [4.78, 5) is 12.7. The Morgan fingerprint density at radius 2 is 2.05 bits per heavy atom. The molecule has 6 nitrogen and oxygen atoms in total. The van der Waals surface area contributed by atoms with E-state index in [0.717, 1.165) is 24.4 Å². The molecule has 2 N–H and O–H groups in total. The van der Waals surface area contributed by atoms with E-state index in [1.807, 2.05) is 13.8 Å². The minimum absolute atomic E-state index is 0.157. The molecule has 19 heavy (non-hydrogen) atoms. The maximum atomic E-state index is 12.0. The molecule has 1 aromatic heterocycles. The van der Waals surface area contributed by atoms with Crippen molar-refractivity contribution in [2.24, 2.45) is 0 Å². The van der Waals surface area contributed by atoms with E-state index in [1.54, 1.807) is 0 Å². The summed E-state index contributed by atoms with van der Waals surface area (Å²) in [6.07, 6.45) is 0. The van der Waals surface area contributed by atoms with Gasteiger partial charge in [0.15, 0.2) is 0 Å². The molecule has 0 saturated heterocycles. The molecule has 108 valence electrons. The van der Waals surface area contributed by atoms with Gasteiger partial charge in [0.1, 0.15) is 9.77 Å². The standard InChI is InChI=1S/C11H18N2O4S2/c1-3-13(4-2)7-6-12-19(16,17)9-5-8-18-10(9)11(14)15/h5,8,12H,3-4,6-7H2,1-2H3,(H,14,15). The predicted octanol–water partition coefficient (Wildman–Crippen LogP) is 1.07. The number of nitrogens with one attached hydrogen (secondary N) is 1. The first-order chi connectivity index (χ1) is 8.92. The summed E-state index contributed by atoms with van der Waals surface area (Å²) >= 11 is 0.904. The summed E-state index contributed by atoms with van der Waals surface area (Å²) in [7, 11) is -3.75. The lowest BCUT2D eigenvalue weighted by Crippen LogP contribution is -2.35. The third kappa shape index (κ3) is 4.27. The summed E-state index contributed by atoms with van der Waals surface area (Å²) in [5, 5.41) is 10.4. The molecular weight excluding hydrogens is 288 g/mol. The van der Waals surface area contributed by atoms with Crippen LogP contribution in [-0.4, -0.2) is 50.6 Å². The maximum Gasteiger partial charge on any atom is 0.347 e. The molecule has 1 rings (SSSR count). The summed E-state index contributed by atoms with van der Waals surface area (Å²) in [5.74, 6) is -1.22. The second-order valence-electron chi connectivity index (χ2n) is 3.84. The highest BCUT2D eigenvalue weighted by Crippen LogP contribution is 2.21. The van der Waals surface area contributed by atoms with E-state index >= 15 is 0 Å². The molecule has 0 atom stereocenters. The van der Waals surface area contributed by atoms with Crippen molar-refractivity contribution in [1.29, 1.82) is 0 Å². The molecule has 0 amide bonds. The van der Waals surface area contributed by atoms with Gasteiger partial charge in [0.2, 0.25) is 10.0 Å². The number of carboxylic acid groups (broad SMARTS) is 1. The lowest BCUT2D eigenvalue weighted by Gasteiger charge is -2.17. The zero-order valence-electron chi connectivity index (χ0n) is 10.9. The number of thiophene rings is 1. The molecular formula is C11H18N2O4S2. The maximum absolute atomic E-state index is 12.0. The highest BCUT2D eigenvalue weighted by atomic mass is 32.2. The molecule has 0 aliphatic heterocycles. The van der Waals surface area contributed by atoms with Gasteiger partial charge in [0, 0.05) is 13.1 Å². The Morgan fingerprint density at radius 1 is 1.42 bits per heavy atom. The molecule has 1 heterocycles. The van der Waals surface area contributed by atoms with Gasteiger partial charge in [-0.05, 0) is 24.5 Å². The third-order valence-corrected chi connectivity index (χ3v) is 5.26. The van der Waals surface area contributed by atoms with Crippen LogP contribution in [0.1, 0.15) is 23.5 Å². The fraction of sp³-hybridized carbons (Fsp3) is 0.545. The van der Waals surface area contributed by atoms with Gasteiger partial charge in [-0.25, -0.2) is 17.9 Å². The Bertz CT molecular complexity index is 521. The Kier molecular flexibility index (Phi) is 5.92. The highest BCUT2D eigenvalue weighted by Gasteiger charge is 2.23. The van der Waals surface area contributed by atoms with E-state index in [-0.39, 0.29) is 16.3 Å². The minimum Gasteiger partial charge on any atom is -0.477 e. The molecule has 8 heteroatoms. The number of carboxylic acids is 1. The van der Waals surface area contributed by atoms with Gasteiger partial charge in [0.05, 0.1) is 0 Å². The van der Waals surface area contributed by atoms with E-state index in [9.17, 15) is 13.2 Å². The van der Waals surface area contributed by atoms with Crippen molar-refractivity contribution in [1.82, 2.24) is 9.62 Å². The topological polar surface area (TPSA) is 86.7 Å². The third-order valence-electron chi connectivity index (χ3n) is 2.73. The quantitative estimate of drug-likeness (QED) is 0.750. The number of nitrogens with zero attached hydrogens (tertiary/aromatic N) is 1. The van der Waals surface area contributed by atoms with Crippen molar-refractivity contribution < 1.29 is 18.3 Å². The number of carbonyl (C=O) groups is 1. The molecule has 0 aliphatic rings. The lowest BCUT2D eigenvalue weighted by molar-refractivity contribution is 0.0698. The first kappa shape index (κ1) is 16.1. The number of rotatable bonds is 8. The van der Waals surface area contributed by atoms with Crippen LogP contribution in [0.3, 0.4) is 0 Å². The van der Waals surface area contributed by atoms with Crippen LogP contribution >= 0.6 is 11.3 Å². The van der Waals surface area contributed by atoms with Crippen molar-refractivity contribution in [2.45, 2.75) is 18.7 Å². The highest BCUT2D eigenvalue weighted by molar-refractivity contribution is 7.89. The first-order valence-electron chi connectivity index (χ1n) is 5.95. The van der Waals surface area contributed by atoms with Gasteiger partial charge in [-0.3, -0.25) is 0 Å². The molecule has 0 spiro atoms. The molecule has 0 fully saturated rings. The Morgan fingerprint density at radius 3 is 2.58 bits per heavy atom. The predicted molar refractivity (Wildman–Crippen MR) is 74.3 cm³/mol. The van der Waals surface area contributed by atoms with E-state index in [4.69, 9.17) is 5.11 Å². The fourth-order valence-electron chi connectivity index (χ4n) is 1.62. The van der Waals surface area contributed by atoms with E-state index in [1.165, 1.54) is 11.4 Å². The number of sulfonamides is 1. The van der Waals surface area contributed by atoms with Gasteiger partial charge in [-0.2, -0.15) is 0 Å². The van der Waals surface area contributed by atoms with Crippen LogP contribution in [-0.2, 0) is 10.0 Å². The van der Waals surface area contributed by atoms with Crippen LogP contribution in [0.5, 0.6) is 0 Å². The van der Waals surface area contributed by atoms with E-state index in [2.05, 4.69) is 9.62 Å². The molecule has 0 aromatic carbocycles. The van der Waals surface area contributed by atoms with Crippen LogP contribution in [0, 0.1) is 0 Å². The van der Waals surface area contributed by atoms with E-state index in [0.29, 0.717) is 6.54 Å². The van der Waals surface area contributed by atoms with E-state index < -0.39 is 16.0 Å². The van der Waals surface area contributed by atoms with Gasteiger partial charge < -0.3 is 10.0 Å². The van der Waals surface area contributed by atoms with Crippen LogP contribution in [0.15, 0.2) is 16.3 Å². The van der Waals surface area contributed by atoms with Gasteiger partial charge in [0.25, 0.3) is 0 Å². The van der Waals surface area contributed by atoms with Crippen molar-refractivity contribution in [3.8, 4) is 0 Å². The average Bonchev–Trinajstić information content (AvgIpc) is 2.84. The number of aromatic carboxylic acids is 1. The van der Waals surface area contributed by atoms with Crippen molar-refractivity contribution >= 4 is 27.3 Å². The zero-order chi connectivity index (χ0) is 14.5. The number of likely N-dealkylation sites (N-methyl/N-ethyl adjacent to an activating group) is 1. The summed E-state index contributed by atoms with van der Waals surface area (Å²) < 4.78 is 26.4. The number of hydrogen-bond donors (Lipinski definition) is 2. The SMILES string of the molecule is CCN(CC)CCNS(=O)(=O)c1ccsc1C(=O)O. The Balaban J connectivity index is 2.71. The second-order valence-corrected chi connectivity index (χ2v) is 6.50. The molecule has 0 radical (unpaired) electrons. The Labute approximate surface area is 117 Å². The molecule has 0 aliphatic carbocycles. The molecule has 0 unspecified atom stereocenters. The average molecular weight is 306 g/mol. The van der Waals surface area contributed by atoms with Crippen LogP contribution in [0.2, 0.25) is 0 Å². The van der Waals surface area contributed by atoms with Crippen molar-refractivity contribution in [3.05, 3.63) is 16.3 Å².